The number of benzene rings is 1. The summed E-state index contributed by atoms with van der Waals surface area (Å²) in [5.74, 6) is -0.0453. The van der Waals surface area contributed by atoms with E-state index in [1.807, 2.05) is 29.6 Å². The summed E-state index contributed by atoms with van der Waals surface area (Å²) in [5, 5.41) is 4.76. The molecule has 20 heavy (non-hydrogen) atoms. The normalized spacial score (nSPS) is 10.8. The third-order valence-electron chi connectivity index (χ3n) is 3.02. The van der Waals surface area contributed by atoms with E-state index in [1.54, 1.807) is 6.07 Å². The van der Waals surface area contributed by atoms with Gasteiger partial charge in [-0.2, -0.15) is 0 Å². The third kappa shape index (κ3) is 2.65. The molecule has 0 aliphatic heterocycles. The number of thiophene rings is 1. The summed E-state index contributed by atoms with van der Waals surface area (Å²) in [7, 11) is 0. The monoisotopic (exact) mass is 287 g/mol. The first-order valence-electron chi connectivity index (χ1n) is 6.25. The average molecular weight is 287 g/mol. The van der Waals surface area contributed by atoms with Crippen LogP contribution in [0.2, 0.25) is 0 Å². The molecular weight excluding hydrogens is 274 g/mol. The quantitative estimate of drug-likeness (QED) is 0.685. The summed E-state index contributed by atoms with van der Waals surface area (Å²) < 4.78 is 0. The summed E-state index contributed by atoms with van der Waals surface area (Å²) >= 11 is 1.43. The van der Waals surface area contributed by atoms with E-state index in [0.717, 1.165) is 27.9 Å². The van der Waals surface area contributed by atoms with Crippen LogP contribution in [0, 0.1) is 0 Å². The Morgan fingerprint density at radius 2 is 2.05 bits per heavy atom. The van der Waals surface area contributed by atoms with Crippen LogP contribution < -0.4 is 11.0 Å². The molecule has 0 bridgehead atoms. The van der Waals surface area contributed by atoms with Crippen molar-refractivity contribution in [2.24, 2.45) is 0 Å². The predicted molar refractivity (Wildman–Crippen MR) is 79.3 cm³/mol. The second-order valence-electron chi connectivity index (χ2n) is 4.44. The fourth-order valence-corrected chi connectivity index (χ4v) is 2.69. The van der Waals surface area contributed by atoms with Crippen molar-refractivity contribution in [1.29, 1.82) is 0 Å². The Hall–Kier alpha value is -2.34. The van der Waals surface area contributed by atoms with Crippen molar-refractivity contribution in [3.63, 3.8) is 0 Å². The Kier molecular flexibility index (Phi) is 3.39. The minimum atomic E-state index is -0.205. The zero-order valence-corrected chi connectivity index (χ0v) is 11.4. The Bertz CT molecular complexity index is 786. The lowest BCUT2D eigenvalue weighted by Gasteiger charge is -2.04. The van der Waals surface area contributed by atoms with Gasteiger partial charge in [0.15, 0.2) is 0 Å². The maximum absolute atomic E-state index is 11.8. The number of fused-ring (bicyclic) bond motifs is 1. The van der Waals surface area contributed by atoms with E-state index in [4.69, 9.17) is 0 Å². The maximum Gasteiger partial charge on any atom is 0.323 e. The highest BCUT2D eigenvalue weighted by Gasteiger charge is 2.05. The molecule has 2 aromatic heterocycles. The minimum absolute atomic E-state index is 0.0453. The minimum Gasteiger partial charge on any atom is -0.351 e. The fraction of sp³-hybridized carbons (Fsp3) is 0.143. The van der Waals surface area contributed by atoms with Crippen molar-refractivity contribution in [2.75, 3.05) is 6.54 Å². The molecule has 1 aromatic carbocycles. The van der Waals surface area contributed by atoms with Crippen molar-refractivity contribution >= 4 is 28.3 Å². The maximum atomic E-state index is 11.8. The molecule has 3 aromatic rings. The van der Waals surface area contributed by atoms with Gasteiger partial charge in [-0.1, -0.05) is 12.1 Å². The second kappa shape index (κ2) is 5.34. The van der Waals surface area contributed by atoms with Gasteiger partial charge in [0.25, 0.3) is 5.91 Å². The first kappa shape index (κ1) is 12.7. The van der Waals surface area contributed by atoms with E-state index in [2.05, 4.69) is 15.3 Å². The molecule has 0 aliphatic rings. The molecule has 0 aliphatic carbocycles. The standard InChI is InChI=1S/C14H13N3O2S/c18-13(12-2-1-7-20-12)15-6-5-9-3-4-10-11(8-9)17-14(19)16-10/h1-4,7-8H,5-6H2,(H,15,18)(H2,16,17,19). The van der Waals surface area contributed by atoms with Crippen molar-refractivity contribution in [1.82, 2.24) is 15.3 Å². The first-order valence-corrected chi connectivity index (χ1v) is 7.13. The molecule has 1 amide bonds. The van der Waals surface area contributed by atoms with Crippen molar-refractivity contribution in [3.05, 3.63) is 56.6 Å². The van der Waals surface area contributed by atoms with Gasteiger partial charge in [0.2, 0.25) is 0 Å². The molecule has 2 heterocycles. The van der Waals surface area contributed by atoms with Crippen molar-refractivity contribution in [2.45, 2.75) is 6.42 Å². The van der Waals surface area contributed by atoms with Crippen LogP contribution in [0.1, 0.15) is 15.2 Å². The van der Waals surface area contributed by atoms with Gasteiger partial charge >= 0.3 is 5.69 Å². The summed E-state index contributed by atoms with van der Waals surface area (Å²) in [4.78, 5) is 29.1. The van der Waals surface area contributed by atoms with Gasteiger partial charge in [-0.25, -0.2) is 4.79 Å². The third-order valence-corrected chi connectivity index (χ3v) is 3.89. The van der Waals surface area contributed by atoms with Crippen LogP contribution in [0.4, 0.5) is 0 Å². The highest BCUT2D eigenvalue weighted by atomic mass is 32.1. The molecule has 3 rings (SSSR count). The SMILES string of the molecule is O=C(NCCc1ccc2[nH]c(=O)[nH]c2c1)c1cccs1. The van der Waals surface area contributed by atoms with Gasteiger partial charge in [-0.3, -0.25) is 4.79 Å². The van der Waals surface area contributed by atoms with E-state index in [0.29, 0.717) is 6.54 Å². The summed E-state index contributed by atoms with van der Waals surface area (Å²) in [6, 6.07) is 9.39. The number of carbonyl (C=O) groups excluding carboxylic acids is 1. The molecule has 0 spiro atoms. The topological polar surface area (TPSA) is 77.8 Å². The molecule has 0 saturated carbocycles. The van der Waals surface area contributed by atoms with Crippen LogP contribution in [0.25, 0.3) is 11.0 Å². The first-order chi connectivity index (χ1) is 9.72. The number of hydrogen-bond acceptors (Lipinski definition) is 3. The van der Waals surface area contributed by atoms with Gasteiger partial charge < -0.3 is 15.3 Å². The van der Waals surface area contributed by atoms with E-state index >= 15 is 0 Å². The van der Waals surface area contributed by atoms with Gasteiger partial charge in [0.05, 0.1) is 15.9 Å². The lowest BCUT2D eigenvalue weighted by Crippen LogP contribution is -2.24. The number of carbonyl (C=O) groups is 1. The number of rotatable bonds is 4. The van der Waals surface area contributed by atoms with Crippen LogP contribution in [0.15, 0.2) is 40.5 Å². The largest absolute Gasteiger partial charge is 0.351 e. The second-order valence-corrected chi connectivity index (χ2v) is 5.39. The number of aromatic amines is 2. The summed E-state index contributed by atoms with van der Waals surface area (Å²) in [6.45, 7) is 0.566. The summed E-state index contributed by atoms with van der Waals surface area (Å²) in [5.41, 5.74) is 2.45. The molecule has 0 unspecified atom stereocenters. The zero-order chi connectivity index (χ0) is 13.9. The predicted octanol–water partition coefficient (Wildman–Crippen LogP) is 1.89. The number of aromatic nitrogens is 2. The summed E-state index contributed by atoms with van der Waals surface area (Å²) in [6.07, 6.45) is 0.722. The smallest absolute Gasteiger partial charge is 0.323 e. The van der Waals surface area contributed by atoms with Crippen molar-refractivity contribution in [3.8, 4) is 0 Å². The number of amides is 1. The lowest BCUT2D eigenvalue weighted by atomic mass is 10.1. The van der Waals surface area contributed by atoms with Crippen LogP contribution in [0.3, 0.4) is 0 Å². The molecule has 6 heteroatoms. The highest BCUT2D eigenvalue weighted by Crippen LogP contribution is 2.11. The Labute approximate surface area is 118 Å². The van der Waals surface area contributed by atoms with Crippen LogP contribution in [-0.2, 0) is 6.42 Å². The molecule has 0 radical (unpaired) electrons. The number of nitrogens with one attached hydrogen (secondary N) is 3. The van der Waals surface area contributed by atoms with E-state index < -0.39 is 0 Å². The van der Waals surface area contributed by atoms with Gasteiger partial charge in [0, 0.05) is 6.54 Å². The fourth-order valence-electron chi connectivity index (χ4n) is 2.05. The Balaban J connectivity index is 1.62. The molecule has 102 valence electrons. The molecule has 0 saturated heterocycles. The zero-order valence-electron chi connectivity index (χ0n) is 10.6. The van der Waals surface area contributed by atoms with Crippen molar-refractivity contribution < 1.29 is 4.79 Å². The van der Waals surface area contributed by atoms with Gasteiger partial charge in [-0.15, -0.1) is 11.3 Å². The van der Waals surface area contributed by atoms with E-state index in [9.17, 15) is 9.59 Å². The lowest BCUT2D eigenvalue weighted by molar-refractivity contribution is 0.0958. The Morgan fingerprint density at radius 1 is 1.20 bits per heavy atom. The number of hydrogen-bond donors (Lipinski definition) is 3. The van der Waals surface area contributed by atoms with Crippen LogP contribution in [0.5, 0.6) is 0 Å². The molecule has 3 N–H and O–H groups in total. The van der Waals surface area contributed by atoms with Gasteiger partial charge in [-0.05, 0) is 35.6 Å². The molecular formula is C14H13N3O2S. The average Bonchev–Trinajstić information content (AvgIpc) is 3.05. The number of imidazole rings is 1. The highest BCUT2D eigenvalue weighted by molar-refractivity contribution is 7.12. The van der Waals surface area contributed by atoms with Crippen LogP contribution in [-0.4, -0.2) is 22.4 Å². The number of H-pyrrole nitrogens is 2. The van der Waals surface area contributed by atoms with E-state index in [-0.39, 0.29) is 11.6 Å². The Morgan fingerprint density at radius 3 is 2.85 bits per heavy atom. The van der Waals surface area contributed by atoms with Crippen LogP contribution >= 0.6 is 11.3 Å². The van der Waals surface area contributed by atoms with E-state index in [1.165, 1.54) is 11.3 Å². The van der Waals surface area contributed by atoms with Gasteiger partial charge in [0.1, 0.15) is 0 Å². The molecule has 0 fully saturated rings. The molecule has 5 nitrogen and oxygen atoms in total. The molecule has 0 atom stereocenters.